The number of nitrogens with two attached hydrogens (primary N) is 1. The number of hydrogen-bond donors (Lipinski definition) is 1. The lowest BCUT2D eigenvalue weighted by molar-refractivity contribution is -0.126. The molecule has 2 aromatic carbocycles. The van der Waals surface area contributed by atoms with Crippen LogP contribution in [0.15, 0.2) is 63.5 Å². The molecule has 0 spiro atoms. The van der Waals surface area contributed by atoms with Crippen molar-refractivity contribution in [2.75, 3.05) is 19.6 Å². The second kappa shape index (κ2) is 9.84. The molecule has 0 aliphatic carbocycles. The molecular formula is C29H30BrN7O2. The molecule has 1 aromatic heterocycles. The average molecular weight is 589 g/mol. The Kier molecular flexibility index (Phi) is 6.47. The maximum Gasteiger partial charge on any atom is 0.256 e. The van der Waals surface area contributed by atoms with Crippen LogP contribution in [0.3, 0.4) is 0 Å². The van der Waals surface area contributed by atoms with Gasteiger partial charge in [0, 0.05) is 42.5 Å². The predicted octanol–water partition coefficient (Wildman–Crippen LogP) is 2.56. The summed E-state index contributed by atoms with van der Waals surface area (Å²) in [4.78, 5) is 39.3. The maximum atomic E-state index is 14.1. The van der Waals surface area contributed by atoms with Crippen LogP contribution in [0.2, 0.25) is 0 Å². The van der Waals surface area contributed by atoms with Crippen molar-refractivity contribution in [1.29, 1.82) is 0 Å². The molecule has 2 unspecified atom stereocenters. The normalized spacial score (nSPS) is 19.6. The predicted molar refractivity (Wildman–Crippen MR) is 150 cm³/mol. The molecule has 2 atom stereocenters. The van der Waals surface area contributed by atoms with Gasteiger partial charge in [-0.15, -0.1) is 0 Å². The van der Waals surface area contributed by atoms with Crippen molar-refractivity contribution in [3.05, 3.63) is 92.3 Å². The quantitative estimate of drug-likeness (QED) is 0.473. The molecule has 2 N–H and O–H groups in total. The molecule has 2 amide bonds. The summed E-state index contributed by atoms with van der Waals surface area (Å²) in [5.41, 5.74) is 11.7. The minimum absolute atomic E-state index is 0.152. The summed E-state index contributed by atoms with van der Waals surface area (Å²) in [5.74, 6) is 0.134. The van der Waals surface area contributed by atoms with Gasteiger partial charge >= 0.3 is 0 Å². The molecule has 10 heteroatoms. The third-order valence-electron chi connectivity index (χ3n) is 7.82. The first kappa shape index (κ1) is 25.6. The molecule has 200 valence electrons. The number of aromatic nitrogens is 2. The number of amides is 2. The van der Waals surface area contributed by atoms with Crippen LogP contribution in [0, 0.1) is 0 Å². The van der Waals surface area contributed by atoms with Crippen LogP contribution in [0.1, 0.15) is 58.7 Å². The van der Waals surface area contributed by atoms with Crippen molar-refractivity contribution >= 4 is 27.7 Å². The van der Waals surface area contributed by atoms with E-state index in [2.05, 4.69) is 70.6 Å². The molecule has 39 heavy (non-hydrogen) atoms. The Labute approximate surface area is 234 Å². The van der Waals surface area contributed by atoms with Gasteiger partial charge in [-0.25, -0.2) is 14.7 Å². The van der Waals surface area contributed by atoms with E-state index in [1.165, 1.54) is 11.6 Å². The van der Waals surface area contributed by atoms with Gasteiger partial charge in [0.1, 0.15) is 10.7 Å². The number of hydrogen-bond acceptors (Lipinski definition) is 6. The van der Waals surface area contributed by atoms with E-state index < -0.39 is 6.29 Å². The fourth-order valence-electron chi connectivity index (χ4n) is 5.81. The summed E-state index contributed by atoms with van der Waals surface area (Å²) in [6.45, 7) is 9.40. The lowest BCUT2D eigenvalue weighted by atomic mass is 9.94. The highest BCUT2D eigenvalue weighted by Crippen LogP contribution is 2.37. The van der Waals surface area contributed by atoms with Crippen LogP contribution in [0.25, 0.3) is 5.69 Å². The van der Waals surface area contributed by atoms with Crippen molar-refractivity contribution in [3.63, 3.8) is 0 Å². The summed E-state index contributed by atoms with van der Waals surface area (Å²) in [7, 11) is 0. The van der Waals surface area contributed by atoms with Crippen LogP contribution in [0.5, 0.6) is 0 Å². The fourth-order valence-corrected chi connectivity index (χ4v) is 6.23. The summed E-state index contributed by atoms with van der Waals surface area (Å²) >= 11 is 3.50. The highest BCUT2D eigenvalue weighted by atomic mass is 79.9. The molecule has 0 saturated heterocycles. The topological polar surface area (TPSA) is 109 Å². The SMILES string of the molecule is C=CC(=O)N1CCc2nn(-c3ccc(C(C)C)cc3)c3c2C(C1)N(C(=O)c1ccc(Br)c2c1=NC(N)N=2)CC3. The van der Waals surface area contributed by atoms with Crippen LogP contribution in [-0.2, 0) is 17.6 Å². The Morgan fingerprint density at radius 3 is 2.54 bits per heavy atom. The first-order chi connectivity index (χ1) is 18.8. The maximum absolute atomic E-state index is 14.1. The second-order valence-corrected chi connectivity index (χ2v) is 11.3. The third kappa shape index (κ3) is 4.31. The number of carbonyl (C=O) groups excluding carboxylic acids is 2. The van der Waals surface area contributed by atoms with E-state index in [4.69, 9.17) is 10.8 Å². The molecule has 6 rings (SSSR count). The minimum atomic E-state index is -0.733. The van der Waals surface area contributed by atoms with E-state index in [9.17, 15) is 9.59 Å². The monoisotopic (exact) mass is 587 g/mol. The molecule has 9 nitrogen and oxygen atoms in total. The van der Waals surface area contributed by atoms with E-state index >= 15 is 0 Å². The smallest absolute Gasteiger partial charge is 0.256 e. The number of rotatable bonds is 4. The Hall–Kier alpha value is -3.63. The zero-order chi connectivity index (χ0) is 27.4. The Balaban J connectivity index is 1.45. The van der Waals surface area contributed by atoms with E-state index in [1.54, 1.807) is 11.0 Å². The molecular weight excluding hydrogens is 558 g/mol. The van der Waals surface area contributed by atoms with Crippen LogP contribution < -0.4 is 16.4 Å². The van der Waals surface area contributed by atoms with Crippen molar-refractivity contribution in [1.82, 2.24) is 19.6 Å². The number of benzene rings is 2. The third-order valence-corrected chi connectivity index (χ3v) is 8.46. The molecule has 4 heterocycles. The lowest BCUT2D eigenvalue weighted by Crippen LogP contribution is -2.47. The number of nitrogens with zero attached hydrogens (tertiary/aromatic N) is 6. The standard InChI is InChI=1S/C29H30BrN7O2/c1-4-24(38)35-13-11-21-25-22(37(34-21)18-7-5-17(6-8-18)16(2)3)12-14-36(23(25)15-35)28(39)19-9-10-20(30)27-26(19)32-29(31)33-27/h4-10,16,23,29H,1,11-15,31H2,2-3H3. The van der Waals surface area contributed by atoms with E-state index in [1.807, 2.05) is 15.6 Å². The second-order valence-electron chi connectivity index (χ2n) is 10.4. The van der Waals surface area contributed by atoms with Gasteiger partial charge in [0.05, 0.1) is 28.7 Å². The molecule has 3 aliphatic heterocycles. The van der Waals surface area contributed by atoms with Gasteiger partial charge < -0.3 is 9.80 Å². The van der Waals surface area contributed by atoms with E-state index in [0.717, 1.165) is 27.1 Å². The molecule has 0 saturated carbocycles. The Morgan fingerprint density at radius 2 is 1.82 bits per heavy atom. The summed E-state index contributed by atoms with van der Waals surface area (Å²) in [6, 6.07) is 11.7. The molecule has 0 bridgehead atoms. The first-order valence-corrected chi connectivity index (χ1v) is 14.0. The molecule has 0 radical (unpaired) electrons. The Morgan fingerprint density at radius 1 is 1.08 bits per heavy atom. The largest absolute Gasteiger partial charge is 0.336 e. The average Bonchev–Trinajstić information content (AvgIpc) is 3.45. The number of halogens is 1. The van der Waals surface area contributed by atoms with Crippen molar-refractivity contribution in [2.45, 2.75) is 44.9 Å². The van der Waals surface area contributed by atoms with Gasteiger partial charge in [-0.2, -0.15) is 5.10 Å². The lowest BCUT2D eigenvalue weighted by Gasteiger charge is -2.37. The van der Waals surface area contributed by atoms with Crippen molar-refractivity contribution in [3.8, 4) is 5.69 Å². The number of carbonyl (C=O) groups is 2. The van der Waals surface area contributed by atoms with Crippen LogP contribution in [-0.4, -0.2) is 57.3 Å². The van der Waals surface area contributed by atoms with Gasteiger partial charge in [0.15, 0.2) is 6.29 Å². The van der Waals surface area contributed by atoms with E-state index in [-0.39, 0.29) is 17.9 Å². The highest BCUT2D eigenvalue weighted by Gasteiger charge is 2.40. The zero-order valence-corrected chi connectivity index (χ0v) is 23.6. The Bertz CT molecular complexity index is 1630. The highest BCUT2D eigenvalue weighted by molar-refractivity contribution is 9.10. The first-order valence-electron chi connectivity index (χ1n) is 13.2. The number of fused-ring (bicyclic) bond motifs is 1. The molecule has 3 aromatic rings. The van der Waals surface area contributed by atoms with Crippen LogP contribution in [0.4, 0.5) is 0 Å². The molecule has 3 aliphatic rings. The summed E-state index contributed by atoms with van der Waals surface area (Å²) in [6.07, 6.45) is 1.85. The van der Waals surface area contributed by atoms with E-state index in [0.29, 0.717) is 54.7 Å². The fraction of sp³-hybridized carbons (Fsp3) is 0.345. The van der Waals surface area contributed by atoms with Gasteiger partial charge in [-0.3, -0.25) is 15.3 Å². The summed E-state index contributed by atoms with van der Waals surface area (Å²) < 4.78 is 2.77. The minimum Gasteiger partial charge on any atom is -0.336 e. The van der Waals surface area contributed by atoms with Crippen LogP contribution >= 0.6 is 15.9 Å². The summed E-state index contributed by atoms with van der Waals surface area (Å²) in [5, 5.41) is 6.13. The van der Waals surface area contributed by atoms with Crippen molar-refractivity contribution < 1.29 is 9.59 Å². The molecule has 0 fully saturated rings. The van der Waals surface area contributed by atoms with Gasteiger partial charge in [0.2, 0.25) is 5.91 Å². The zero-order valence-electron chi connectivity index (χ0n) is 22.0. The van der Waals surface area contributed by atoms with Gasteiger partial charge in [0.25, 0.3) is 5.91 Å². The van der Waals surface area contributed by atoms with Gasteiger partial charge in [-0.1, -0.05) is 32.6 Å². The van der Waals surface area contributed by atoms with Gasteiger partial charge in [-0.05, 0) is 57.8 Å². The van der Waals surface area contributed by atoms with Crippen molar-refractivity contribution in [2.24, 2.45) is 15.7 Å².